The van der Waals surface area contributed by atoms with E-state index in [1.807, 2.05) is 43.5 Å². The van der Waals surface area contributed by atoms with Gasteiger partial charge in [0.1, 0.15) is 17.1 Å². The fourth-order valence-corrected chi connectivity index (χ4v) is 4.30. The van der Waals surface area contributed by atoms with Gasteiger partial charge in [-0.15, -0.1) is 11.8 Å². The second-order valence-electron chi connectivity index (χ2n) is 7.30. The predicted octanol–water partition coefficient (Wildman–Crippen LogP) is 6.08. The molecule has 4 nitrogen and oxygen atoms in total. The highest BCUT2D eigenvalue weighted by Gasteiger charge is 2.20. The molecule has 1 N–H and O–H groups in total. The Balaban J connectivity index is 1.63. The van der Waals surface area contributed by atoms with E-state index < -0.39 is 0 Å². The van der Waals surface area contributed by atoms with Gasteiger partial charge in [0.05, 0.1) is 7.11 Å². The first kappa shape index (κ1) is 19.6. The highest BCUT2D eigenvalue weighted by atomic mass is 32.2. The molecule has 1 amide bonds. The van der Waals surface area contributed by atoms with Crippen molar-refractivity contribution in [1.82, 2.24) is 0 Å². The molecule has 0 fully saturated rings. The molecular formula is C24H25NO3S. The van der Waals surface area contributed by atoms with Crippen LogP contribution in [0.1, 0.15) is 36.7 Å². The van der Waals surface area contributed by atoms with Crippen molar-refractivity contribution in [3.63, 3.8) is 0 Å². The van der Waals surface area contributed by atoms with Gasteiger partial charge in [-0.05, 0) is 68.3 Å². The molecule has 4 rings (SSSR count). The molecular weight excluding hydrogens is 382 g/mol. The lowest BCUT2D eigenvalue weighted by atomic mass is 9.94. The van der Waals surface area contributed by atoms with Crippen molar-refractivity contribution < 1.29 is 13.9 Å². The van der Waals surface area contributed by atoms with E-state index in [0.717, 1.165) is 57.0 Å². The van der Waals surface area contributed by atoms with Gasteiger partial charge in [0.25, 0.3) is 0 Å². The first-order chi connectivity index (χ1) is 14.1. The maximum absolute atomic E-state index is 12.5. The van der Waals surface area contributed by atoms with Crippen LogP contribution in [0.25, 0.3) is 16.5 Å². The number of furan rings is 1. The number of nitrogens with one attached hydrogen (secondary N) is 1. The van der Waals surface area contributed by atoms with Gasteiger partial charge in [-0.25, -0.2) is 0 Å². The fraction of sp³-hybridized carbons (Fsp3) is 0.292. The Morgan fingerprint density at radius 2 is 1.93 bits per heavy atom. The van der Waals surface area contributed by atoms with Crippen LogP contribution in [0, 0.1) is 0 Å². The average Bonchev–Trinajstić information content (AvgIpc) is 3.10. The lowest BCUT2D eigenvalue weighted by molar-refractivity contribution is -0.111. The van der Waals surface area contributed by atoms with E-state index >= 15 is 0 Å². The summed E-state index contributed by atoms with van der Waals surface area (Å²) >= 11 is 1.67. The first-order valence-corrected chi connectivity index (χ1v) is 11.1. The van der Waals surface area contributed by atoms with Crippen molar-refractivity contribution in [3.05, 3.63) is 59.4 Å². The van der Waals surface area contributed by atoms with Crippen LogP contribution in [0.3, 0.4) is 0 Å². The molecule has 150 valence electrons. The van der Waals surface area contributed by atoms with Crippen LogP contribution in [-0.2, 0) is 17.6 Å². The second kappa shape index (κ2) is 8.37. The SMILES string of the molecule is COc1cc2oc3c(c2cc1/C(C)=C/C(=O)Nc1ccc(SC)cc1)CCCC3. The summed E-state index contributed by atoms with van der Waals surface area (Å²) in [5.74, 6) is 1.66. The number of fused-ring (bicyclic) bond motifs is 3. The van der Waals surface area contributed by atoms with Gasteiger partial charge in [-0.3, -0.25) is 4.79 Å². The number of allylic oxidation sites excluding steroid dienone is 1. The van der Waals surface area contributed by atoms with Crippen LogP contribution >= 0.6 is 11.8 Å². The maximum Gasteiger partial charge on any atom is 0.248 e. The zero-order valence-corrected chi connectivity index (χ0v) is 17.8. The molecule has 0 aliphatic heterocycles. The van der Waals surface area contributed by atoms with E-state index in [2.05, 4.69) is 11.4 Å². The normalized spacial score (nSPS) is 14.0. The Hall–Kier alpha value is -2.66. The number of ether oxygens (including phenoxy) is 1. The third kappa shape index (κ3) is 4.06. The maximum atomic E-state index is 12.5. The van der Waals surface area contributed by atoms with Crippen molar-refractivity contribution in [3.8, 4) is 5.75 Å². The van der Waals surface area contributed by atoms with E-state index in [4.69, 9.17) is 9.15 Å². The van der Waals surface area contributed by atoms with Crippen molar-refractivity contribution >= 4 is 39.9 Å². The largest absolute Gasteiger partial charge is 0.496 e. The minimum absolute atomic E-state index is 0.157. The molecule has 5 heteroatoms. The van der Waals surface area contributed by atoms with Crippen molar-refractivity contribution in [1.29, 1.82) is 0 Å². The van der Waals surface area contributed by atoms with Crippen LogP contribution in [0.5, 0.6) is 5.75 Å². The van der Waals surface area contributed by atoms with Gasteiger partial charge >= 0.3 is 0 Å². The highest BCUT2D eigenvalue weighted by Crippen LogP contribution is 2.37. The molecule has 0 unspecified atom stereocenters. The third-order valence-corrected chi connectivity index (χ3v) is 6.15. The second-order valence-corrected chi connectivity index (χ2v) is 8.18. The molecule has 2 aromatic carbocycles. The number of aryl methyl sites for hydroxylation is 2. The number of carbonyl (C=O) groups is 1. The van der Waals surface area contributed by atoms with E-state index in [1.54, 1.807) is 24.9 Å². The van der Waals surface area contributed by atoms with Gasteiger partial charge in [0, 0.05) is 45.7 Å². The summed E-state index contributed by atoms with van der Waals surface area (Å²) in [6.45, 7) is 1.94. The Kier molecular flexibility index (Phi) is 5.67. The predicted molar refractivity (Wildman–Crippen MR) is 120 cm³/mol. The highest BCUT2D eigenvalue weighted by molar-refractivity contribution is 7.98. The topological polar surface area (TPSA) is 51.5 Å². The van der Waals surface area contributed by atoms with Gasteiger partial charge in [-0.2, -0.15) is 0 Å². The first-order valence-electron chi connectivity index (χ1n) is 9.85. The summed E-state index contributed by atoms with van der Waals surface area (Å²) in [4.78, 5) is 13.7. The zero-order valence-electron chi connectivity index (χ0n) is 17.0. The van der Waals surface area contributed by atoms with E-state index in [0.29, 0.717) is 0 Å². The molecule has 1 aromatic heterocycles. The molecule has 0 atom stereocenters. The number of anilines is 1. The van der Waals surface area contributed by atoms with E-state index in [-0.39, 0.29) is 5.91 Å². The summed E-state index contributed by atoms with van der Waals surface area (Å²) in [6, 6.07) is 11.9. The quantitative estimate of drug-likeness (QED) is 0.411. The Bertz CT molecular complexity index is 1080. The molecule has 0 spiro atoms. The molecule has 0 bridgehead atoms. The summed E-state index contributed by atoms with van der Waals surface area (Å²) < 4.78 is 11.7. The molecule has 1 aliphatic carbocycles. The van der Waals surface area contributed by atoms with Crippen LogP contribution in [0.4, 0.5) is 5.69 Å². The van der Waals surface area contributed by atoms with Crippen LogP contribution in [-0.4, -0.2) is 19.3 Å². The summed E-state index contributed by atoms with van der Waals surface area (Å²) in [5.41, 5.74) is 4.72. The zero-order chi connectivity index (χ0) is 20.4. The number of methoxy groups -OCH3 is 1. The lowest BCUT2D eigenvalue weighted by Crippen LogP contribution is -2.08. The number of thioether (sulfide) groups is 1. The molecule has 0 saturated heterocycles. The molecule has 29 heavy (non-hydrogen) atoms. The van der Waals surface area contributed by atoms with Crippen LogP contribution < -0.4 is 10.1 Å². The Morgan fingerprint density at radius 3 is 2.66 bits per heavy atom. The van der Waals surface area contributed by atoms with E-state index in [1.165, 1.54) is 18.4 Å². The smallest absolute Gasteiger partial charge is 0.248 e. The van der Waals surface area contributed by atoms with E-state index in [9.17, 15) is 4.79 Å². The molecule has 3 aromatic rings. The monoisotopic (exact) mass is 407 g/mol. The Labute approximate surface area is 175 Å². The third-order valence-electron chi connectivity index (χ3n) is 5.41. The van der Waals surface area contributed by atoms with Gasteiger partial charge in [0.15, 0.2) is 0 Å². The number of benzene rings is 2. The minimum atomic E-state index is -0.157. The van der Waals surface area contributed by atoms with Crippen LogP contribution in [0.15, 0.2) is 51.8 Å². The molecule has 1 aliphatic rings. The van der Waals surface area contributed by atoms with Crippen LogP contribution in [0.2, 0.25) is 0 Å². The van der Waals surface area contributed by atoms with Gasteiger partial charge in [0.2, 0.25) is 5.91 Å². The Morgan fingerprint density at radius 1 is 1.17 bits per heavy atom. The summed E-state index contributed by atoms with van der Waals surface area (Å²) in [5, 5.41) is 4.07. The lowest BCUT2D eigenvalue weighted by Gasteiger charge is -2.11. The molecule has 0 radical (unpaired) electrons. The summed E-state index contributed by atoms with van der Waals surface area (Å²) in [6.07, 6.45) is 8.06. The fourth-order valence-electron chi connectivity index (χ4n) is 3.89. The number of amides is 1. The average molecular weight is 408 g/mol. The van der Waals surface area contributed by atoms with Gasteiger partial charge in [-0.1, -0.05) is 0 Å². The minimum Gasteiger partial charge on any atom is -0.496 e. The standard InChI is InChI=1S/C24H25NO3S/c1-15(12-24(26)25-16-8-10-17(29-3)11-9-16)19-13-20-18-6-4-5-7-21(18)28-23(20)14-22(19)27-2/h8-14H,4-7H2,1-3H3,(H,25,26)/b15-12+. The number of carbonyl (C=O) groups excluding carboxylic acids is 1. The van der Waals surface area contributed by atoms with Crippen molar-refractivity contribution in [2.24, 2.45) is 0 Å². The number of hydrogen-bond acceptors (Lipinski definition) is 4. The van der Waals surface area contributed by atoms with Crippen molar-refractivity contribution in [2.75, 3.05) is 18.7 Å². The number of hydrogen-bond donors (Lipinski definition) is 1. The van der Waals surface area contributed by atoms with Crippen molar-refractivity contribution in [2.45, 2.75) is 37.5 Å². The molecule has 0 saturated carbocycles. The van der Waals surface area contributed by atoms with Gasteiger partial charge < -0.3 is 14.5 Å². The molecule has 1 heterocycles. The number of rotatable bonds is 5. The summed E-state index contributed by atoms with van der Waals surface area (Å²) in [7, 11) is 1.65.